The fourth-order valence-electron chi connectivity index (χ4n) is 0.181. The molecule has 0 amide bonds. The third-order valence-corrected chi connectivity index (χ3v) is 2.08. The van der Waals surface area contributed by atoms with Crippen LogP contribution in [0.4, 0.5) is 0 Å². The van der Waals surface area contributed by atoms with Crippen LogP contribution in [-0.4, -0.2) is 112 Å². The second kappa shape index (κ2) is 8.15. The molecule has 7 heteroatoms. The van der Waals surface area contributed by atoms with Crippen molar-refractivity contribution in [2.45, 2.75) is 9.24 Å². The molecule has 2 nitrogen and oxygen atoms in total. The van der Waals surface area contributed by atoms with E-state index in [1.807, 2.05) is 0 Å². The molecule has 1 aromatic rings. The van der Waals surface area contributed by atoms with E-state index in [1.165, 1.54) is 11.5 Å². The summed E-state index contributed by atoms with van der Waals surface area (Å²) in [6.45, 7) is 0. The molecule has 9 heavy (non-hydrogen) atoms. The van der Waals surface area contributed by atoms with E-state index in [9.17, 15) is 0 Å². The molecule has 0 bridgehead atoms. The Morgan fingerprint density at radius 3 is 1.89 bits per heavy atom. The van der Waals surface area contributed by atoms with Crippen molar-refractivity contribution in [3.63, 3.8) is 0 Å². The fraction of sp³-hybridized carbons (Fsp3) is 0. The van der Waals surface area contributed by atoms with Gasteiger partial charge in [-0.25, -0.2) is 0 Å². The molecule has 42 valence electrons. The molecule has 0 aliphatic rings. The summed E-state index contributed by atoms with van der Waals surface area (Å²) < 4.78 is 4.33. The Hall–Kier alpha value is 3.53. The van der Waals surface area contributed by atoms with Crippen LogP contribution < -0.4 is 0 Å². The van der Waals surface area contributed by atoms with Gasteiger partial charge in [0.05, 0.1) is 0 Å². The second-order valence-corrected chi connectivity index (χ2v) is 2.83. The second-order valence-electron chi connectivity index (χ2n) is 0.902. The summed E-state index contributed by atoms with van der Waals surface area (Å²) in [7, 11) is 0. The zero-order valence-corrected chi connectivity index (χ0v) is 5.80. The maximum absolute atomic E-state index is 3.97. The summed E-state index contributed by atoms with van der Waals surface area (Å²) >= 11 is 9.11. The normalized spacial score (nSPS) is 7.33. The zero-order valence-electron chi connectivity index (χ0n) is 3.20. The van der Waals surface area contributed by atoms with E-state index >= 15 is 0 Å². The number of nitrogens with zero attached hydrogens (tertiary/aromatic N) is 2. The fourth-order valence-corrected chi connectivity index (χ4v) is 0.886. The van der Waals surface area contributed by atoms with Gasteiger partial charge in [-0.3, -0.25) is 0 Å². The first-order valence-electron chi connectivity index (χ1n) is 1.51. The number of hydrogen-bond acceptors (Lipinski definition) is 5. The molecule has 0 N–H and O–H groups in total. The summed E-state index contributed by atoms with van der Waals surface area (Å²) in [4.78, 5) is 0. The number of thiol groups is 2. The first-order chi connectivity index (χ1) is 3.30. The Morgan fingerprint density at radius 2 is 1.78 bits per heavy atom. The van der Waals surface area contributed by atoms with Crippen molar-refractivity contribution in [1.29, 1.82) is 0 Å². The van der Waals surface area contributed by atoms with E-state index in [0.29, 0.717) is 5.03 Å². The molecule has 0 atom stereocenters. The van der Waals surface area contributed by atoms with Crippen LogP contribution >= 0.6 is 36.8 Å². The molecule has 0 radical (unpaired) electrons. The third kappa shape index (κ3) is 5.72. The monoisotopic (exact) mass is 230 g/mol. The molecular formula is C2H4K2N2S3. The summed E-state index contributed by atoms with van der Waals surface area (Å²) in [6.07, 6.45) is 0. The molecule has 1 heterocycles. The first kappa shape index (κ1) is 15.0. The summed E-state index contributed by atoms with van der Waals surface area (Å²) in [5.74, 6) is 0. The molecule has 0 saturated carbocycles. The Labute approximate surface area is 154 Å². The maximum atomic E-state index is 3.97. The number of rotatable bonds is 0. The molecule has 1 aromatic heterocycles. The zero-order chi connectivity index (χ0) is 5.28. The van der Waals surface area contributed by atoms with Crippen molar-refractivity contribution >= 4 is 140 Å². The van der Waals surface area contributed by atoms with Crippen molar-refractivity contribution < 1.29 is 0 Å². The van der Waals surface area contributed by atoms with Crippen molar-refractivity contribution in [3.05, 3.63) is 0 Å². The first-order valence-corrected chi connectivity index (χ1v) is 3.18. The number of hydrogen-bond donors (Lipinski definition) is 2. The predicted molar refractivity (Wildman–Crippen MR) is 48.7 cm³/mol. The van der Waals surface area contributed by atoms with E-state index in [0.717, 1.165) is 4.21 Å². The van der Waals surface area contributed by atoms with E-state index in [4.69, 9.17) is 0 Å². The Bertz CT molecular complexity index is 150. The van der Waals surface area contributed by atoms with E-state index in [1.54, 1.807) is 0 Å². The topological polar surface area (TPSA) is 25.8 Å². The predicted octanol–water partition coefficient (Wildman–Crippen LogP) is -0.182. The van der Waals surface area contributed by atoms with Gasteiger partial charge in [0.15, 0.2) is 0 Å². The van der Waals surface area contributed by atoms with Gasteiger partial charge in [0, 0.05) is 0 Å². The van der Waals surface area contributed by atoms with E-state index in [-0.39, 0.29) is 103 Å². The van der Waals surface area contributed by atoms with Crippen LogP contribution in [0.3, 0.4) is 0 Å². The quantitative estimate of drug-likeness (QED) is 0.478. The summed E-state index contributed by atoms with van der Waals surface area (Å²) in [5, 5.41) is 4.18. The van der Waals surface area contributed by atoms with Crippen LogP contribution in [0.1, 0.15) is 0 Å². The van der Waals surface area contributed by atoms with Gasteiger partial charge in [-0.2, -0.15) is 0 Å². The Balaban J connectivity index is 0. The van der Waals surface area contributed by atoms with Gasteiger partial charge in [0.1, 0.15) is 9.24 Å². The SMILES string of the molecule is Sc1nnsc1S.[KH].[KH]. The van der Waals surface area contributed by atoms with Gasteiger partial charge in [0.2, 0.25) is 0 Å². The van der Waals surface area contributed by atoms with Gasteiger partial charge in [-0.1, -0.05) is 4.49 Å². The molecule has 0 saturated heterocycles. The van der Waals surface area contributed by atoms with Crippen molar-refractivity contribution in [3.8, 4) is 0 Å². The average Bonchev–Trinajstić information content (AvgIpc) is 1.91. The Morgan fingerprint density at radius 1 is 1.22 bits per heavy atom. The van der Waals surface area contributed by atoms with E-state index in [2.05, 4.69) is 34.8 Å². The minimum atomic E-state index is 0. The van der Waals surface area contributed by atoms with Crippen LogP contribution in [0.25, 0.3) is 0 Å². The van der Waals surface area contributed by atoms with E-state index < -0.39 is 0 Å². The van der Waals surface area contributed by atoms with Crippen molar-refractivity contribution in [2.75, 3.05) is 0 Å². The molecule has 0 fully saturated rings. The molecule has 0 aliphatic heterocycles. The molecular weight excluding hydrogens is 226 g/mol. The van der Waals surface area contributed by atoms with Gasteiger partial charge in [0.25, 0.3) is 0 Å². The van der Waals surface area contributed by atoms with Crippen LogP contribution in [0, 0.1) is 0 Å². The number of aromatic nitrogens is 2. The summed E-state index contributed by atoms with van der Waals surface area (Å²) in [6, 6.07) is 0. The van der Waals surface area contributed by atoms with Crippen LogP contribution in [0.5, 0.6) is 0 Å². The average molecular weight is 230 g/mol. The molecule has 0 aromatic carbocycles. The van der Waals surface area contributed by atoms with Crippen LogP contribution in [-0.2, 0) is 0 Å². The molecule has 0 aliphatic carbocycles. The molecule has 0 unspecified atom stereocenters. The molecule has 1 rings (SSSR count). The van der Waals surface area contributed by atoms with Gasteiger partial charge >= 0.3 is 103 Å². The minimum absolute atomic E-state index is 0. The van der Waals surface area contributed by atoms with Gasteiger partial charge in [-0.15, -0.1) is 30.4 Å². The Kier molecular flexibility index (Phi) is 13.6. The third-order valence-electron chi connectivity index (χ3n) is 0.454. The van der Waals surface area contributed by atoms with Gasteiger partial charge in [-0.05, 0) is 11.5 Å². The van der Waals surface area contributed by atoms with Gasteiger partial charge < -0.3 is 0 Å². The summed E-state index contributed by atoms with van der Waals surface area (Å²) in [5.41, 5.74) is 0. The van der Waals surface area contributed by atoms with Crippen LogP contribution in [0.15, 0.2) is 9.24 Å². The molecule has 0 spiro atoms. The van der Waals surface area contributed by atoms with Crippen molar-refractivity contribution in [2.24, 2.45) is 0 Å². The van der Waals surface area contributed by atoms with Crippen LogP contribution in [0.2, 0.25) is 0 Å². The van der Waals surface area contributed by atoms with Crippen molar-refractivity contribution in [1.82, 2.24) is 9.59 Å². The standard InChI is InChI=1S/C2H2N2S3.2K.2H/c5-1-2(6)7-4-3-1;;;;/h5-6H;;;;.